The minimum atomic E-state index is 0.728. The van der Waals surface area contributed by atoms with Crippen LogP contribution in [0.5, 0.6) is 11.5 Å². The van der Waals surface area contributed by atoms with E-state index in [1.165, 1.54) is 5.39 Å². The van der Waals surface area contributed by atoms with Gasteiger partial charge < -0.3 is 4.74 Å². The number of para-hydroxylation sites is 1. The van der Waals surface area contributed by atoms with Gasteiger partial charge in [-0.15, -0.1) is 0 Å². The monoisotopic (exact) mass is 629 g/mol. The lowest BCUT2D eigenvalue weighted by Gasteiger charge is -2.13. The molecule has 5 heterocycles. The van der Waals surface area contributed by atoms with Gasteiger partial charge >= 0.3 is 0 Å². The molecule has 0 aliphatic heterocycles. The Bertz CT molecular complexity index is 2840. The Balaban J connectivity index is 1.15. The van der Waals surface area contributed by atoms with E-state index in [9.17, 15) is 0 Å². The molecule has 230 valence electrons. The summed E-state index contributed by atoms with van der Waals surface area (Å²) in [5, 5.41) is 5.42. The van der Waals surface area contributed by atoms with Gasteiger partial charge in [-0.25, -0.2) is 15.0 Å². The molecule has 5 aromatic carbocycles. The van der Waals surface area contributed by atoms with E-state index in [1.807, 2.05) is 67.0 Å². The number of rotatable bonds is 5. The van der Waals surface area contributed by atoms with Crippen LogP contribution in [0.4, 0.5) is 0 Å². The van der Waals surface area contributed by atoms with Gasteiger partial charge in [0.1, 0.15) is 28.6 Å². The SMILES string of the molecule is c1ccc(-c2ccc3c4ccc(Oc5ccc6c7ccccc7n(-c7ccccn7)c6c5)cc4c4ncc(-c5ccccc5)n4c3n2)cc1. The number of ether oxygens (including phenoxy) is 1. The van der Waals surface area contributed by atoms with Gasteiger partial charge in [0.25, 0.3) is 0 Å². The van der Waals surface area contributed by atoms with Crippen LogP contribution in [-0.4, -0.2) is 23.9 Å². The molecule has 0 unspecified atom stereocenters. The number of imidazole rings is 1. The van der Waals surface area contributed by atoms with Gasteiger partial charge in [0.2, 0.25) is 0 Å². The molecule has 6 nitrogen and oxygen atoms in total. The molecule has 0 radical (unpaired) electrons. The van der Waals surface area contributed by atoms with E-state index in [0.717, 1.165) is 83.7 Å². The second kappa shape index (κ2) is 10.9. The molecule has 0 fully saturated rings. The van der Waals surface area contributed by atoms with Crippen molar-refractivity contribution in [3.63, 3.8) is 0 Å². The first-order valence-corrected chi connectivity index (χ1v) is 16.3. The van der Waals surface area contributed by atoms with Crippen LogP contribution in [0.3, 0.4) is 0 Å². The van der Waals surface area contributed by atoms with Crippen molar-refractivity contribution < 1.29 is 4.74 Å². The summed E-state index contributed by atoms with van der Waals surface area (Å²) in [5.74, 6) is 2.33. The summed E-state index contributed by atoms with van der Waals surface area (Å²) >= 11 is 0. The van der Waals surface area contributed by atoms with E-state index in [4.69, 9.17) is 14.7 Å². The normalized spacial score (nSPS) is 11.7. The number of benzene rings is 5. The summed E-state index contributed by atoms with van der Waals surface area (Å²) in [6.45, 7) is 0. The van der Waals surface area contributed by atoms with Crippen molar-refractivity contribution in [2.45, 2.75) is 0 Å². The van der Waals surface area contributed by atoms with Crippen LogP contribution >= 0.6 is 0 Å². The highest BCUT2D eigenvalue weighted by Gasteiger charge is 2.18. The third-order valence-corrected chi connectivity index (χ3v) is 9.27. The first-order valence-electron chi connectivity index (χ1n) is 16.3. The van der Waals surface area contributed by atoms with E-state index in [-0.39, 0.29) is 0 Å². The van der Waals surface area contributed by atoms with E-state index >= 15 is 0 Å². The van der Waals surface area contributed by atoms with Crippen molar-refractivity contribution in [3.8, 4) is 39.8 Å². The second-order valence-corrected chi connectivity index (χ2v) is 12.1. The number of fused-ring (bicyclic) bond motifs is 9. The summed E-state index contributed by atoms with van der Waals surface area (Å²) in [6, 6.07) is 51.9. The predicted octanol–water partition coefficient (Wildman–Crippen LogP) is 10.7. The lowest BCUT2D eigenvalue weighted by Crippen LogP contribution is -1.98. The van der Waals surface area contributed by atoms with Gasteiger partial charge in [0.05, 0.1) is 28.6 Å². The van der Waals surface area contributed by atoms with Crippen LogP contribution in [-0.2, 0) is 0 Å². The van der Waals surface area contributed by atoms with Crippen molar-refractivity contribution in [1.29, 1.82) is 0 Å². The van der Waals surface area contributed by atoms with Crippen molar-refractivity contribution >= 4 is 49.3 Å². The molecule has 0 N–H and O–H groups in total. The zero-order valence-electron chi connectivity index (χ0n) is 26.2. The molecule has 0 bridgehead atoms. The standard InChI is InChI=1S/C43H27N5O/c1-3-11-28(12-4-1)37-23-22-35-32-20-18-30(25-36(32)42-45-27-40(48(42)43(35)46-37)29-13-5-2-6-14-29)49-31-19-21-34-33-15-7-8-16-38(33)47(39(34)26-31)41-17-9-10-24-44-41/h1-27H. The fourth-order valence-corrected chi connectivity index (χ4v) is 7.06. The van der Waals surface area contributed by atoms with Crippen molar-refractivity contribution in [2.24, 2.45) is 0 Å². The topological polar surface area (TPSA) is 57.2 Å². The molecule has 0 saturated heterocycles. The Hall–Kier alpha value is -6.79. The van der Waals surface area contributed by atoms with Crippen molar-refractivity contribution in [3.05, 3.63) is 164 Å². The number of hydrogen-bond acceptors (Lipinski definition) is 4. The van der Waals surface area contributed by atoms with Crippen LogP contribution in [0.2, 0.25) is 0 Å². The van der Waals surface area contributed by atoms with Crippen molar-refractivity contribution in [2.75, 3.05) is 0 Å². The lowest BCUT2D eigenvalue weighted by molar-refractivity contribution is 0.484. The highest BCUT2D eigenvalue weighted by Crippen LogP contribution is 2.38. The van der Waals surface area contributed by atoms with Crippen LogP contribution in [0, 0.1) is 0 Å². The summed E-state index contributed by atoms with van der Waals surface area (Å²) in [5.41, 5.74) is 7.88. The zero-order chi connectivity index (χ0) is 32.3. The fraction of sp³-hybridized carbons (Fsp3) is 0. The summed E-state index contributed by atoms with van der Waals surface area (Å²) in [6.07, 6.45) is 3.77. The number of pyridine rings is 3. The Labute approximate surface area is 281 Å². The van der Waals surface area contributed by atoms with Gasteiger partial charge in [-0.1, -0.05) is 84.9 Å². The molecule has 0 aliphatic carbocycles. The lowest BCUT2D eigenvalue weighted by atomic mass is 10.1. The quantitative estimate of drug-likeness (QED) is 0.178. The third kappa shape index (κ3) is 4.38. The minimum absolute atomic E-state index is 0.728. The fourth-order valence-electron chi connectivity index (χ4n) is 7.06. The Morgan fingerprint density at radius 2 is 1.16 bits per heavy atom. The average molecular weight is 630 g/mol. The molecular formula is C43H27N5O. The maximum absolute atomic E-state index is 6.62. The van der Waals surface area contributed by atoms with Gasteiger partial charge in [0, 0.05) is 44.9 Å². The average Bonchev–Trinajstić information content (AvgIpc) is 3.76. The summed E-state index contributed by atoms with van der Waals surface area (Å²) < 4.78 is 11.0. The van der Waals surface area contributed by atoms with E-state index in [1.54, 1.807) is 0 Å². The van der Waals surface area contributed by atoms with Crippen LogP contribution in [0.25, 0.3) is 77.6 Å². The molecule has 5 aromatic heterocycles. The van der Waals surface area contributed by atoms with Crippen LogP contribution < -0.4 is 4.74 Å². The summed E-state index contributed by atoms with van der Waals surface area (Å²) in [4.78, 5) is 14.9. The van der Waals surface area contributed by atoms with Crippen LogP contribution in [0.15, 0.2) is 164 Å². The number of nitrogens with zero attached hydrogens (tertiary/aromatic N) is 5. The third-order valence-electron chi connectivity index (χ3n) is 9.27. The summed E-state index contributed by atoms with van der Waals surface area (Å²) in [7, 11) is 0. The molecule has 0 amide bonds. The largest absolute Gasteiger partial charge is 0.457 e. The molecule has 0 saturated carbocycles. The van der Waals surface area contributed by atoms with E-state index in [2.05, 4.69) is 111 Å². The van der Waals surface area contributed by atoms with Gasteiger partial charge in [-0.05, 0) is 66.0 Å². The molecule has 0 atom stereocenters. The Morgan fingerprint density at radius 3 is 1.98 bits per heavy atom. The second-order valence-electron chi connectivity index (χ2n) is 12.1. The molecular weight excluding hydrogens is 603 g/mol. The molecule has 49 heavy (non-hydrogen) atoms. The molecule has 10 aromatic rings. The zero-order valence-corrected chi connectivity index (χ0v) is 26.2. The van der Waals surface area contributed by atoms with Gasteiger partial charge in [0.15, 0.2) is 0 Å². The first-order chi connectivity index (χ1) is 24.3. The Morgan fingerprint density at radius 1 is 0.469 bits per heavy atom. The minimum Gasteiger partial charge on any atom is -0.457 e. The van der Waals surface area contributed by atoms with Crippen molar-refractivity contribution in [1.82, 2.24) is 23.9 Å². The highest BCUT2D eigenvalue weighted by molar-refractivity contribution is 6.12. The molecule has 0 aliphatic rings. The van der Waals surface area contributed by atoms with E-state index in [0.29, 0.717) is 0 Å². The molecule has 6 heteroatoms. The van der Waals surface area contributed by atoms with Gasteiger partial charge in [-0.3, -0.25) is 8.97 Å². The molecule has 10 rings (SSSR count). The predicted molar refractivity (Wildman–Crippen MR) is 198 cm³/mol. The molecule has 0 spiro atoms. The number of hydrogen-bond donors (Lipinski definition) is 0. The highest BCUT2D eigenvalue weighted by atomic mass is 16.5. The maximum Gasteiger partial charge on any atom is 0.147 e. The maximum atomic E-state index is 6.62. The Kier molecular flexibility index (Phi) is 6.08. The van der Waals surface area contributed by atoms with Crippen LogP contribution in [0.1, 0.15) is 0 Å². The van der Waals surface area contributed by atoms with E-state index < -0.39 is 0 Å². The van der Waals surface area contributed by atoms with Gasteiger partial charge in [-0.2, -0.15) is 0 Å². The number of aromatic nitrogens is 5. The first kappa shape index (κ1) is 27.3. The smallest absolute Gasteiger partial charge is 0.147 e.